The molecule has 0 amide bonds. The molecule has 2 bridgehead atoms. The molecule has 6 heteroatoms. The highest BCUT2D eigenvalue weighted by Gasteiger charge is 2.84. The molecule has 118 valence electrons. The summed E-state index contributed by atoms with van der Waals surface area (Å²) >= 11 is 0. The summed E-state index contributed by atoms with van der Waals surface area (Å²) < 4.78 is 11.7. The van der Waals surface area contributed by atoms with Crippen molar-refractivity contribution in [3.05, 3.63) is 11.6 Å². The number of hydrogen-bond donors (Lipinski definition) is 4. The van der Waals surface area contributed by atoms with Gasteiger partial charge in [-0.25, -0.2) is 0 Å². The summed E-state index contributed by atoms with van der Waals surface area (Å²) in [4.78, 5) is 0. The van der Waals surface area contributed by atoms with E-state index in [1.54, 1.807) is 0 Å². The standard InChI is InChI=1S/C15H22O6/c1-7-3-9-14(5-16,4-8(7)17)13(2)11(19)10(18)12(21-9)15(13)6-20-15/h3,8-12,16-19H,4-6H2,1-2H3/t8?,9?,10?,11?,12?,13-,14-,15?/m1/s1. The van der Waals surface area contributed by atoms with Gasteiger partial charge >= 0.3 is 0 Å². The maximum absolute atomic E-state index is 10.7. The molecule has 1 saturated carbocycles. The molecule has 2 heterocycles. The zero-order valence-corrected chi connectivity index (χ0v) is 12.2. The van der Waals surface area contributed by atoms with Gasteiger partial charge in [-0.2, -0.15) is 0 Å². The molecule has 0 aromatic rings. The smallest absolute Gasteiger partial charge is 0.129 e. The van der Waals surface area contributed by atoms with Crippen LogP contribution in [-0.4, -0.2) is 69.8 Å². The van der Waals surface area contributed by atoms with Crippen LogP contribution in [0.1, 0.15) is 20.3 Å². The molecular weight excluding hydrogens is 276 g/mol. The molecule has 3 fully saturated rings. The highest BCUT2D eigenvalue weighted by Crippen LogP contribution is 2.71. The summed E-state index contributed by atoms with van der Waals surface area (Å²) in [6.07, 6.45) is -1.72. The summed E-state index contributed by atoms with van der Waals surface area (Å²) in [5.41, 5.74) is -1.69. The molecule has 2 saturated heterocycles. The number of epoxide rings is 1. The minimum atomic E-state index is -1.05. The average molecular weight is 298 g/mol. The van der Waals surface area contributed by atoms with Crippen molar-refractivity contribution < 1.29 is 29.9 Å². The summed E-state index contributed by atoms with van der Waals surface area (Å²) in [5.74, 6) is 0. The fourth-order valence-electron chi connectivity index (χ4n) is 5.06. The van der Waals surface area contributed by atoms with E-state index in [1.165, 1.54) is 0 Å². The second-order valence-electron chi connectivity index (χ2n) is 7.24. The van der Waals surface area contributed by atoms with E-state index in [-0.39, 0.29) is 13.0 Å². The highest BCUT2D eigenvalue weighted by molar-refractivity contribution is 5.35. The normalized spacial score (nSPS) is 61.6. The van der Waals surface area contributed by atoms with Gasteiger partial charge in [-0.15, -0.1) is 0 Å². The van der Waals surface area contributed by atoms with Crippen molar-refractivity contribution in [3.8, 4) is 0 Å². The van der Waals surface area contributed by atoms with Crippen LogP contribution in [-0.2, 0) is 9.47 Å². The summed E-state index contributed by atoms with van der Waals surface area (Å²) in [5, 5.41) is 41.5. The van der Waals surface area contributed by atoms with Crippen LogP contribution in [0.3, 0.4) is 0 Å². The van der Waals surface area contributed by atoms with Crippen molar-refractivity contribution in [2.24, 2.45) is 10.8 Å². The Kier molecular flexibility index (Phi) is 2.60. The fraction of sp³-hybridized carbons (Fsp3) is 0.867. The molecular formula is C15H22O6. The lowest BCUT2D eigenvalue weighted by molar-refractivity contribution is -0.233. The zero-order valence-electron chi connectivity index (χ0n) is 12.2. The quantitative estimate of drug-likeness (QED) is 0.364. The Morgan fingerprint density at radius 3 is 2.57 bits per heavy atom. The molecule has 1 spiro atoms. The van der Waals surface area contributed by atoms with E-state index in [2.05, 4.69) is 0 Å². The summed E-state index contributed by atoms with van der Waals surface area (Å²) in [7, 11) is 0. The molecule has 2 aliphatic carbocycles. The predicted octanol–water partition coefficient (Wildman–Crippen LogP) is -1.05. The first kappa shape index (κ1) is 14.1. The number of aliphatic hydroxyl groups excluding tert-OH is 4. The van der Waals surface area contributed by atoms with E-state index in [1.807, 2.05) is 19.9 Å². The molecule has 4 rings (SSSR count). The van der Waals surface area contributed by atoms with E-state index in [0.29, 0.717) is 6.61 Å². The van der Waals surface area contributed by atoms with Crippen LogP contribution >= 0.6 is 0 Å². The number of aliphatic hydroxyl groups is 4. The summed E-state index contributed by atoms with van der Waals surface area (Å²) in [6.45, 7) is 3.83. The third kappa shape index (κ3) is 1.27. The van der Waals surface area contributed by atoms with Crippen LogP contribution in [0.5, 0.6) is 0 Å². The van der Waals surface area contributed by atoms with Gasteiger partial charge in [0.25, 0.3) is 0 Å². The van der Waals surface area contributed by atoms with Crippen LogP contribution < -0.4 is 0 Å². The van der Waals surface area contributed by atoms with E-state index < -0.39 is 47.0 Å². The zero-order chi connectivity index (χ0) is 15.2. The summed E-state index contributed by atoms with van der Waals surface area (Å²) in [6, 6.07) is 0. The first-order valence-corrected chi connectivity index (χ1v) is 7.47. The number of fused-ring (bicyclic) bond motifs is 2. The fourth-order valence-corrected chi connectivity index (χ4v) is 5.06. The van der Waals surface area contributed by atoms with Crippen molar-refractivity contribution in [2.75, 3.05) is 13.2 Å². The van der Waals surface area contributed by atoms with Gasteiger partial charge in [0.05, 0.1) is 31.5 Å². The maximum atomic E-state index is 10.7. The molecule has 4 aliphatic rings. The molecule has 8 atom stereocenters. The Bertz CT molecular complexity index is 514. The molecule has 21 heavy (non-hydrogen) atoms. The van der Waals surface area contributed by atoms with Crippen molar-refractivity contribution >= 4 is 0 Å². The van der Waals surface area contributed by atoms with Crippen LogP contribution in [0, 0.1) is 10.8 Å². The lowest BCUT2D eigenvalue weighted by Gasteiger charge is -2.58. The topological polar surface area (TPSA) is 103 Å². The molecule has 6 nitrogen and oxygen atoms in total. The molecule has 2 aliphatic heterocycles. The predicted molar refractivity (Wildman–Crippen MR) is 71.4 cm³/mol. The molecule has 0 radical (unpaired) electrons. The second kappa shape index (κ2) is 3.88. The van der Waals surface area contributed by atoms with Gasteiger partial charge < -0.3 is 29.9 Å². The lowest BCUT2D eigenvalue weighted by atomic mass is 9.51. The second-order valence-corrected chi connectivity index (χ2v) is 7.24. The average Bonchev–Trinajstić information content (AvgIpc) is 3.24. The van der Waals surface area contributed by atoms with Gasteiger partial charge in [0.2, 0.25) is 0 Å². The van der Waals surface area contributed by atoms with Crippen molar-refractivity contribution in [2.45, 2.75) is 56.4 Å². The van der Waals surface area contributed by atoms with Gasteiger partial charge in [-0.1, -0.05) is 13.0 Å². The van der Waals surface area contributed by atoms with Crippen LogP contribution in [0.25, 0.3) is 0 Å². The Morgan fingerprint density at radius 2 is 2.00 bits per heavy atom. The van der Waals surface area contributed by atoms with Gasteiger partial charge in [0.1, 0.15) is 17.8 Å². The van der Waals surface area contributed by atoms with E-state index in [0.717, 1.165) is 5.57 Å². The minimum Gasteiger partial charge on any atom is -0.396 e. The van der Waals surface area contributed by atoms with Crippen molar-refractivity contribution in [1.82, 2.24) is 0 Å². The Morgan fingerprint density at radius 1 is 1.33 bits per heavy atom. The van der Waals surface area contributed by atoms with Gasteiger partial charge in [0.15, 0.2) is 0 Å². The first-order chi connectivity index (χ1) is 9.84. The van der Waals surface area contributed by atoms with Crippen molar-refractivity contribution in [1.29, 1.82) is 0 Å². The SMILES string of the molecule is CC1=CC2OC3C(O)C(O)[C@@](C)(C34CO4)[C@@]2(CO)CC1O. The van der Waals surface area contributed by atoms with E-state index in [4.69, 9.17) is 9.47 Å². The number of rotatable bonds is 1. The van der Waals surface area contributed by atoms with Crippen molar-refractivity contribution in [3.63, 3.8) is 0 Å². The van der Waals surface area contributed by atoms with Gasteiger partial charge in [0, 0.05) is 10.8 Å². The lowest BCUT2D eigenvalue weighted by Crippen LogP contribution is -2.67. The number of ether oxygens (including phenoxy) is 2. The molecule has 6 unspecified atom stereocenters. The molecule has 4 N–H and O–H groups in total. The maximum Gasteiger partial charge on any atom is 0.129 e. The molecule has 0 aromatic carbocycles. The Hall–Kier alpha value is -0.500. The van der Waals surface area contributed by atoms with E-state index in [9.17, 15) is 20.4 Å². The van der Waals surface area contributed by atoms with Gasteiger partial charge in [-0.3, -0.25) is 0 Å². The minimum absolute atomic E-state index is 0.239. The Labute approximate surface area is 123 Å². The Balaban J connectivity index is 1.92. The molecule has 0 aromatic heterocycles. The van der Waals surface area contributed by atoms with Crippen LogP contribution in [0.15, 0.2) is 11.6 Å². The largest absolute Gasteiger partial charge is 0.396 e. The highest BCUT2D eigenvalue weighted by atomic mass is 16.6. The third-order valence-corrected chi connectivity index (χ3v) is 6.67. The van der Waals surface area contributed by atoms with Crippen LogP contribution in [0.2, 0.25) is 0 Å². The van der Waals surface area contributed by atoms with Crippen LogP contribution in [0.4, 0.5) is 0 Å². The first-order valence-electron chi connectivity index (χ1n) is 7.47. The number of hydrogen-bond acceptors (Lipinski definition) is 6. The van der Waals surface area contributed by atoms with E-state index >= 15 is 0 Å². The monoisotopic (exact) mass is 298 g/mol. The third-order valence-electron chi connectivity index (χ3n) is 6.67. The van der Waals surface area contributed by atoms with Gasteiger partial charge in [-0.05, 0) is 18.9 Å².